The molecule has 5 aliphatic rings. The Morgan fingerprint density at radius 3 is 2.32 bits per heavy atom. The van der Waals surface area contributed by atoms with E-state index in [-0.39, 0.29) is 5.91 Å². The highest BCUT2D eigenvalue weighted by molar-refractivity contribution is 5.78. The van der Waals surface area contributed by atoms with Gasteiger partial charge in [-0.05, 0) is 80.8 Å². The van der Waals surface area contributed by atoms with Crippen LogP contribution in [-0.4, -0.2) is 54.6 Å². The number of nitrogens with zero attached hydrogens (tertiary/aromatic N) is 3. The highest BCUT2D eigenvalue weighted by atomic mass is 16.2. The first-order chi connectivity index (χ1) is 13.6. The van der Waals surface area contributed by atoms with Gasteiger partial charge in [0.15, 0.2) is 0 Å². The van der Waals surface area contributed by atoms with Crippen molar-refractivity contribution in [2.75, 3.05) is 37.6 Å². The Morgan fingerprint density at radius 2 is 1.75 bits per heavy atom. The molecule has 1 aliphatic heterocycles. The summed E-state index contributed by atoms with van der Waals surface area (Å²) in [5, 5.41) is 3.42. The molecule has 1 saturated heterocycles. The lowest BCUT2D eigenvalue weighted by atomic mass is 9.48. The van der Waals surface area contributed by atoms with Crippen molar-refractivity contribution >= 4 is 11.7 Å². The summed E-state index contributed by atoms with van der Waals surface area (Å²) in [5.41, 5.74) is 0.391. The van der Waals surface area contributed by atoms with Crippen LogP contribution in [0.4, 0.5) is 5.82 Å². The molecular weight excluding hydrogens is 348 g/mol. The molecule has 4 saturated carbocycles. The number of amides is 1. The molecule has 152 valence electrons. The van der Waals surface area contributed by atoms with Crippen LogP contribution in [0, 0.1) is 23.2 Å². The molecule has 0 radical (unpaired) electrons. The zero-order valence-corrected chi connectivity index (χ0v) is 17.1. The quantitative estimate of drug-likeness (QED) is 0.851. The molecule has 5 heteroatoms. The number of hydrogen-bond acceptors (Lipinski definition) is 4. The number of carbonyl (C=O) groups is 1. The van der Waals surface area contributed by atoms with Gasteiger partial charge in [0.25, 0.3) is 0 Å². The lowest BCUT2D eigenvalue weighted by Crippen LogP contribution is -2.57. The normalized spacial score (nSPS) is 35.8. The first-order valence-corrected chi connectivity index (χ1v) is 11.3. The van der Waals surface area contributed by atoms with Gasteiger partial charge in [0.2, 0.25) is 5.91 Å². The SMILES string of the molecule is CC(NC(=O)CN1CCN(c2ccccn2)CC1)C12CC3CC(CC(C3)C1)C2. The molecule has 28 heavy (non-hydrogen) atoms. The first-order valence-electron chi connectivity index (χ1n) is 11.3. The molecule has 1 amide bonds. The van der Waals surface area contributed by atoms with Crippen molar-refractivity contribution in [1.82, 2.24) is 15.2 Å². The fourth-order valence-corrected chi connectivity index (χ4v) is 7.03. The maximum atomic E-state index is 12.8. The van der Waals surface area contributed by atoms with E-state index in [1.165, 1.54) is 38.5 Å². The summed E-state index contributed by atoms with van der Waals surface area (Å²) in [5.74, 6) is 4.07. The zero-order chi connectivity index (χ0) is 19.1. The van der Waals surface area contributed by atoms with Crippen molar-refractivity contribution in [3.63, 3.8) is 0 Å². The van der Waals surface area contributed by atoms with E-state index in [1.54, 1.807) is 0 Å². The molecular formula is C23H34N4O. The van der Waals surface area contributed by atoms with Gasteiger partial charge in [0.05, 0.1) is 6.54 Å². The van der Waals surface area contributed by atoms with Crippen LogP contribution in [0.15, 0.2) is 24.4 Å². The van der Waals surface area contributed by atoms with Crippen LogP contribution in [0.2, 0.25) is 0 Å². The summed E-state index contributed by atoms with van der Waals surface area (Å²) in [6.07, 6.45) is 10.3. The van der Waals surface area contributed by atoms with Crippen molar-refractivity contribution in [2.24, 2.45) is 23.2 Å². The van der Waals surface area contributed by atoms with E-state index in [4.69, 9.17) is 0 Å². The highest BCUT2D eigenvalue weighted by Gasteiger charge is 2.53. The molecule has 1 N–H and O–H groups in total. The average Bonchev–Trinajstić information content (AvgIpc) is 2.68. The monoisotopic (exact) mass is 382 g/mol. The number of anilines is 1. The van der Waals surface area contributed by atoms with Crippen LogP contribution >= 0.6 is 0 Å². The summed E-state index contributed by atoms with van der Waals surface area (Å²) in [6, 6.07) is 6.38. The van der Waals surface area contributed by atoms with Gasteiger partial charge in [-0.3, -0.25) is 9.69 Å². The number of piperazine rings is 1. The Morgan fingerprint density at radius 1 is 1.11 bits per heavy atom. The van der Waals surface area contributed by atoms with Crippen molar-refractivity contribution in [2.45, 2.75) is 51.5 Å². The molecule has 1 atom stereocenters. The second-order valence-electron chi connectivity index (χ2n) is 10.0. The maximum Gasteiger partial charge on any atom is 0.234 e. The van der Waals surface area contributed by atoms with Crippen molar-refractivity contribution in [1.29, 1.82) is 0 Å². The van der Waals surface area contributed by atoms with Gasteiger partial charge in [0, 0.05) is 38.4 Å². The fraction of sp³-hybridized carbons (Fsp3) is 0.739. The topological polar surface area (TPSA) is 48.5 Å². The van der Waals surface area contributed by atoms with Gasteiger partial charge in [-0.1, -0.05) is 6.07 Å². The Balaban J connectivity index is 1.12. The van der Waals surface area contributed by atoms with Gasteiger partial charge in [-0.15, -0.1) is 0 Å². The van der Waals surface area contributed by atoms with Crippen LogP contribution in [0.25, 0.3) is 0 Å². The van der Waals surface area contributed by atoms with Crippen LogP contribution in [-0.2, 0) is 4.79 Å². The maximum absolute atomic E-state index is 12.8. The lowest BCUT2D eigenvalue weighted by Gasteiger charge is -2.59. The van der Waals surface area contributed by atoms with E-state index in [1.807, 2.05) is 18.3 Å². The average molecular weight is 383 g/mol. The molecule has 1 unspecified atom stereocenters. The van der Waals surface area contributed by atoms with Crippen LogP contribution in [0.1, 0.15) is 45.4 Å². The minimum atomic E-state index is 0.217. The van der Waals surface area contributed by atoms with E-state index in [0.717, 1.165) is 49.8 Å². The van der Waals surface area contributed by atoms with Gasteiger partial charge in [0.1, 0.15) is 5.82 Å². The lowest BCUT2D eigenvalue weighted by molar-refractivity contribution is -0.127. The minimum absolute atomic E-state index is 0.217. The molecule has 0 aromatic carbocycles. The zero-order valence-electron chi connectivity index (χ0n) is 17.1. The molecule has 1 aromatic heterocycles. The van der Waals surface area contributed by atoms with E-state index >= 15 is 0 Å². The second kappa shape index (κ2) is 7.33. The molecule has 5 nitrogen and oxygen atoms in total. The Bertz CT molecular complexity index is 663. The van der Waals surface area contributed by atoms with Gasteiger partial charge >= 0.3 is 0 Å². The molecule has 2 heterocycles. The summed E-state index contributed by atoms with van der Waals surface area (Å²) in [7, 11) is 0. The van der Waals surface area contributed by atoms with Crippen LogP contribution in [0.3, 0.4) is 0 Å². The van der Waals surface area contributed by atoms with E-state index in [9.17, 15) is 4.79 Å². The Hall–Kier alpha value is -1.62. The third-order valence-electron chi connectivity index (χ3n) is 8.09. The van der Waals surface area contributed by atoms with Gasteiger partial charge in [-0.2, -0.15) is 0 Å². The van der Waals surface area contributed by atoms with Crippen LogP contribution in [0.5, 0.6) is 0 Å². The Labute approximate surface area is 168 Å². The van der Waals surface area contributed by atoms with Gasteiger partial charge in [-0.25, -0.2) is 4.98 Å². The smallest absolute Gasteiger partial charge is 0.234 e. The van der Waals surface area contributed by atoms with Crippen molar-refractivity contribution < 1.29 is 4.79 Å². The predicted molar refractivity (Wildman–Crippen MR) is 111 cm³/mol. The third kappa shape index (κ3) is 3.54. The second-order valence-corrected chi connectivity index (χ2v) is 10.0. The molecule has 6 rings (SSSR count). The number of hydrogen-bond donors (Lipinski definition) is 1. The van der Waals surface area contributed by atoms with E-state index in [2.05, 4.69) is 33.1 Å². The van der Waals surface area contributed by atoms with Crippen LogP contribution < -0.4 is 10.2 Å². The summed E-state index contributed by atoms with van der Waals surface area (Å²) < 4.78 is 0. The molecule has 0 spiro atoms. The third-order valence-corrected chi connectivity index (χ3v) is 8.09. The van der Waals surface area contributed by atoms with E-state index in [0.29, 0.717) is 18.0 Å². The number of nitrogens with one attached hydrogen (secondary N) is 1. The number of rotatable bonds is 5. The number of pyridine rings is 1. The predicted octanol–water partition coefficient (Wildman–Crippen LogP) is 2.92. The van der Waals surface area contributed by atoms with E-state index < -0.39 is 0 Å². The largest absolute Gasteiger partial charge is 0.354 e. The molecule has 4 aliphatic carbocycles. The van der Waals surface area contributed by atoms with Crippen molar-refractivity contribution in [3.8, 4) is 0 Å². The summed E-state index contributed by atoms with van der Waals surface area (Å²) in [6.45, 7) is 6.55. The summed E-state index contributed by atoms with van der Waals surface area (Å²) >= 11 is 0. The number of carbonyl (C=O) groups excluding carboxylic acids is 1. The number of aromatic nitrogens is 1. The molecule has 1 aromatic rings. The van der Waals surface area contributed by atoms with Crippen molar-refractivity contribution in [3.05, 3.63) is 24.4 Å². The summed E-state index contributed by atoms with van der Waals surface area (Å²) in [4.78, 5) is 21.8. The molecule has 4 bridgehead atoms. The first kappa shape index (κ1) is 18.4. The minimum Gasteiger partial charge on any atom is -0.354 e. The van der Waals surface area contributed by atoms with Gasteiger partial charge < -0.3 is 10.2 Å². The standard InChI is InChI=1S/C23H34N4O/c1-17(23-13-18-10-19(14-23)12-20(11-18)15-23)25-22(28)16-26-6-8-27(9-7-26)21-4-2-3-5-24-21/h2-5,17-20H,6-16H2,1H3,(H,25,28). The highest BCUT2D eigenvalue weighted by Crippen LogP contribution is 2.61. The molecule has 5 fully saturated rings. The Kier molecular flexibility index (Phi) is 4.82. The fourth-order valence-electron chi connectivity index (χ4n) is 7.03.